The highest BCUT2D eigenvalue weighted by atomic mass is 35.5. The van der Waals surface area contributed by atoms with Crippen LogP contribution in [0.2, 0.25) is 5.02 Å². The van der Waals surface area contributed by atoms with Gasteiger partial charge in [0, 0.05) is 34.5 Å². The molecule has 1 aliphatic carbocycles. The molecule has 0 spiro atoms. The van der Waals surface area contributed by atoms with E-state index >= 15 is 0 Å². The summed E-state index contributed by atoms with van der Waals surface area (Å²) in [5, 5.41) is 10.6. The number of halogens is 1. The molecular formula is C25H23ClN2O6S2. The van der Waals surface area contributed by atoms with Crippen LogP contribution in [0.1, 0.15) is 28.3 Å². The number of carboxylic acid groups (broad SMARTS) is 1. The van der Waals surface area contributed by atoms with Crippen molar-refractivity contribution in [2.75, 3.05) is 26.3 Å². The molecule has 1 aromatic heterocycles. The Morgan fingerprint density at radius 2 is 1.81 bits per heavy atom. The number of amides is 1. The van der Waals surface area contributed by atoms with Gasteiger partial charge < -0.3 is 14.7 Å². The first-order valence-corrected chi connectivity index (χ1v) is 14.0. The van der Waals surface area contributed by atoms with Gasteiger partial charge in [-0.25, -0.2) is 8.42 Å². The highest BCUT2D eigenvalue weighted by Gasteiger charge is 2.63. The number of hydrogen-bond acceptors (Lipinski definition) is 6. The average Bonchev–Trinajstić information content (AvgIpc) is 3.37. The highest BCUT2D eigenvalue weighted by Crippen LogP contribution is 2.53. The predicted molar refractivity (Wildman–Crippen MR) is 136 cm³/mol. The number of sulfonamides is 1. The molecule has 1 aliphatic heterocycles. The molecule has 188 valence electrons. The van der Waals surface area contributed by atoms with Gasteiger partial charge in [-0.1, -0.05) is 35.9 Å². The number of benzene rings is 2. The second-order valence-corrected chi connectivity index (χ2v) is 12.2. The van der Waals surface area contributed by atoms with Gasteiger partial charge in [0.25, 0.3) is 15.9 Å². The van der Waals surface area contributed by atoms with Gasteiger partial charge in [-0.2, -0.15) is 4.72 Å². The van der Waals surface area contributed by atoms with Gasteiger partial charge in [-0.15, -0.1) is 11.3 Å². The van der Waals surface area contributed by atoms with Gasteiger partial charge in [0.2, 0.25) is 0 Å². The van der Waals surface area contributed by atoms with Gasteiger partial charge in [0.1, 0.15) is 9.75 Å². The summed E-state index contributed by atoms with van der Waals surface area (Å²) in [7, 11) is -4.11. The maximum atomic E-state index is 13.2. The first-order valence-electron chi connectivity index (χ1n) is 11.3. The topological polar surface area (TPSA) is 113 Å². The van der Waals surface area contributed by atoms with Crippen LogP contribution in [0.15, 0.2) is 64.9 Å². The zero-order chi connectivity index (χ0) is 25.5. The third-order valence-electron chi connectivity index (χ3n) is 6.47. The van der Waals surface area contributed by atoms with Crippen LogP contribution >= 0.6 is 22.9 Å². The summed E-state index contributed by atoms with van der Waals surface area (Å²) < 4.78 is 34.1. The van der Waals surface area contributed by atoms with Gasteiger partial charge in [0.05, 0.1) is 13.2 Å². The number of rotatable bonds is 7. The minimum Gasteiger partial charge on any atom is -0.480 e. The Morgan fingerprint density at radius 3 is 2.50 bits per heavy atom. The maximum absolute atomic E-state index is 13.2. The second-order valence-electron chi connectivity index (χ2n) is 8.79. The van der Waals surface area contributed by atoms with Crippen LogP contribution in [-0.4, -0.2) is 62.1 Å². The fourth-order valence-electron chi connectivity index (χ4n) is 4.42. The standard InChI is InChI=1S/C25H23ClN2O6S2/c26-19-6-4-16(5-7-19)21-8-9-22(35-21)36(32,33)27-25(24(30)31)15-20(25)17-2-1-3-18(14-17)23(29)28-10-12-34-13-11-28/h1-9,14,20,27H,10-13,15H2,(H,30,31). The smallest absolute Gasteiger partial charge is 0.325 e. The van der Waals surface area contributed by atoms with Crippen molar-refractivity contribution in [1.29, 1.82) is 0 Å². The van der Waals surface area contributed by atoms with Gasteiger partial charge >= 0.3 is 5.97 Å². The molecule has 5 rings (SSSR count). The minimum atomic E-state index is -4.11. The number of carboxylic acids is 1. The van der Waals surface area contributed by atoms with Crippen molar-refractivity contribution in [1.82, 2.24) is 9.62 Å². The van der Waals surface area contributed by atoms with Gasteiger partial charge in [0.15, 0.2) is 0 Å². The Hall–Kier alpha value is -2.76. The Bertz CT molecular complexity index is 1420. The lowest BCUT2D eigenvalue weighted by Gasteiger charge is -2.27. The Labute approximate surface area is 217 Å². The minimum absolute atomic E-state index is 0.0231. The van der Waals surface area contributed by atoms with Crippen LogP contribution in [0.4, 0.5) is 0 Å². The van der Waals surface area contributed by atoms with Crippen LogP contribution in [0, 0.1) is 0 Å². The number of carbonyl (C=O) groups is 2. The number of aliphatic carboxylic acids is 1. The summed E-state index contributed by atoms with van der Waals surface area (Å²) in [5.74, 6) is -2.01. The number of nitrogens with one attached hydrogen (secondary N) is 1. The molecular weight excluding hydrogens is 524 g/mol. The Balaban J connectivity index is 1.36. The fraction of sp³-hybridized carbons (Fsp3) is 0.280. The van der Waals surface area contributed by atoms with Crippen molar-refractivity contribution >= 4 is 44.8 Å². The monoisotopic (exact) mass is 546 g/mol. The number of hydrogen-bond donors (Lipinski definition) is 2. The highest BCUT2D eigenvalue weighted by molar-refractivity contribution is 7.91. The van der Waals surface area contributed by atoms with Crippen molar-refractivity contribution in [2.45, 2.75) is 22.1 Å². The summed E-state index contributed by atoms with van der Waals surface area (Å²) in [6, 6.07) is 16.9. The molecule has 2 aliphatic rings. The fourth-order valence-corrected chi connectivity index (χ4v) is 7.26. The van der Waals surface area contributed by atoms with Crippen molar-refractivity contribution in [2.24, 2.45) is 0 Å². The van der Waals surface area contributed by atoms with Crippen molar-refractivity contribution in [3.63, 3.8) is 0 Å². The SMILES string of the molecule is O=C(c1cccc(C2CC2(NS(=O)(=O)c2ccc(-c3ccc(Cl)cc3)s2)C(=O)O)c1)N1CCOCC1. The quantitative estimate of drug-likeness (QED) is 0.466. The lowest BCUT2D eigenvalue weighted by molar-refractivity contribution is -0.140. The normalized spacial score (nSPS) is 21.8. The molecule has 11 heteroatoms. The summed E-state index contributed by atoms with van der Waals surface area (Å²) in [5.41, 5.74) is 0.176. The van der Waals surface area contributed by atoms with Crippen LogP contribution < -0.4 is 4.72 Å². The second kappa shape index (κ2) is 9.60. The van der Waals surface area contributed by atoms with E-state index in [0.29, 0.717) is 42.5 Å². The lowest BCUT2D eigenvalue weighted by atomic mass is 10.0. The molecule has 2 heterocycles. The Kier molecular flexibility index (Phi) is 6.65. The van der Waals surface area contributed by atoms with Gasteiger partial charge in [-0.3, -0.25) is 9.59 Å². The molecule has 1 amide bonds. The third kappa shape index (κ3) is 4.79. The Morgan fingerprint density at radius 1 is 1.08 bits per heavy atom. The molecule has 1 saturated heterocycles. The van der Waals surface area contributed by atoms with E-state index in [-0.39, 0.29) is 16.5 Å². The number of nitrogens with zero attached hydrogens (tertiary/aromatic N) is 1. The zero-order valence-corrected chi connectivity index (χ0v) is 21.4. The molecule has 2 N–H and O–H groups in total. The van der Waals surface area contributed by atoms with E-state index < -0.39 is 27.4 Å². The number of ether oxygens (including phenoxy) is 1. The van der Waals surface area contributed by atoms with E-state index in [1.165, 1.54) is 6.07 Å². The first kappa shape index (κ1) is 24.9. The molecule has 8 nitrogen and oxygen atoms in total. The largest absolute Gasteiger partial charge is 0.480 e. The van der Waals surface area contributed by atoms with Crippen LogP contribution in [0.25, 0.3) is 10.4 Å². The van der Waals surface area contributed by atoms with E-state index in [1.807, 2.05) is 0 Å². The molecule has 0 bridgehead atoms. The number of morpholine rings is 1. The summed E-state index contributed by atoms with van der Waals surface area (Å²) >= 11 is 6.98. The molecule has 36 heavy (non-hydrogen) atoms. The van der Waals surface area contributed by atoms with Crippen molar-refractivity contribution < 1.29 is 27.9 Å². The molecule has 3 aromatic rings. The zero-order valence-electron chi connectivity index (χ0n) is 19.0. The van der Waals surface area contributed by atoms with E-state index in [2.05, 4.69) is 4.72 Å². The molecule has 2 aromatic carbocycles. The summed E-state index contributed by atoms with van der Waals surface area (Å²) in [6.07, 6.45) is 0.0895. The third-order valence-corrected chi connectivity index (χ3v) is 9.86. The van der Waals surface area contributed by atoms with E-state index in [0.717, 1.165) is 21.8 Å². The first-order chi connectivity index (χ1) is 17.2. The molecule has 2 unspecified atom stereocenters. The van der Waals surface area contributed by atoms with Crippen LogP contribution in [0.5, 0.6) is 0 Å². The number of thiophene rings is 1. The molecule has 0 radical (unpaired) electrons. The van der Waals surface area contributed by atoms with Crippen LogP contribution in [0.3, 0.4) is 0 Å². The molecule has 2 atom stereocenters. The van der Waals surface area contributed by atoms with E-state index in [1.54, 1.807) is 59.5 Å². The van der Waals surface area contributed by atoms with E-state index in [9.17, 15) is 23.1 Å². The lowest BCUT2D eigenvalue weighted by Crippen LogP contribution is -2.44. The van der Waals surface area contributed by atoms with E-state index in [4.69, 9.17) is 16.3 Å². The molecule has 2 fully saturated rings. The molecule has 1 saturated carbocycles. The van der Waals surface area contributed by atoms with Crippen LogP contribution in [-0.2, 0) is 19.6 Å². The summed E-state index contributed by atoms with van der Waals surface area (Å²) in [4.78, 5) is 27.6. The average molecular weight is 547 g/mol. The predicted octanol–water partition coefficient (Wildman–Crippen LogP) is 3.83. The summed E-state index contributed by atoms with van der Waals surface area (Å²) in [6.45, 7) is 1.93. The maximum Gasteiger partial charge on any atom is 0.325 e. The van der Waals surface area contributed by atoms with Crippen molar-refractivity contribution in [3.8, 4) is 10.4 Å². The number of carbonyl (C=O) groups excluding carboxylic acids is 1. The van der Waals surface area contributed by atoms with Crippen molar-refractivity contribution in [3.05, 3.63) is 76.8 Å². The van der Waals surface area contributed by atoms with Gasteiger partial charge in [-0.05, 0) is 53.9 Å².